The first-order valence-electron chi connectivity index (χ1n) is 12.7. The molecule has 0 heterocycles. The number of fused-ring (bicyclic) bond motifs is 4. The van der Waals surface area contributed by atoms with Crippen LogP contribution in [-0.4, -0.2) is 37.8 Å². The number of carbonyl (C=O) groups excluding carboxylic acids is 3. The van der Waals surface area contributed by atoms with E-state index in [0.29, 0.717) is 29.5 Å². The molecule has 0 aromatic heterocycles. The normalized spacial score (nSPS) is 15.4. The van der Waals surface area contributed by atoms with Crippen molar-refractivity contribution in [3.05, 3.63) is 116 Å². The van der Waals surface area contributed by atoms with Gasteiger partial charge in [-0.05, 0) is 71.5 Å². The lowest BCUT2D eigenvalue weighted by Crippen LogP contribution is -2.24. The molecule has 2 aliphatic carbocycles. The van der Waals surface area contributed by atoms with E-state index in [-0.39, 0.29) is 67.7 Å². The third-order valence-corrected chi connectivity index (χ3v) is 7.83. The molecule has 0 fully saturated rings. The number of hydrogen-bond donors (Lipinski definition) is 4. The summed E-state index contributed by atoms with van der Waals surface area (Å²) in [5.74, 6) is -3.39. The fourth-order valence-electron chi connectivity index (χ4n) is 5.91. The molecule has 1 unspecified atom stereocenters. The van der Waals surface area contributed by atoms with Gasteiger partial charge in [0.15, 0.2) is 11.6 Å². The molecule has 194 valence electrons. The van der Waals surface area contributed by atoms with Gasteiger partial charge in [-0.1, -0.05) is 32.0 Å². The van der Waals surface area contributed by atoms with Crippen LogP contribution in [0.25, 0.3) is 0 Å². The highest BCUT2D eigenvalue weighted by atomic mass is 16.3. The van der Waals surface area contributed by atoms with Crippen LogP contribution in [0.3, 0.4) is 0 Å². The quantitative estimate of drug-likeness (QED) is 0.238. The highest BCUT2D eigenvalue weighted by Crippen LogP contribution is 2.51. The summed E-state index contributed by atoms with van der Waals surface area (Å²) >= 11 is 0. The predicted octanol–water partition coefficient (Wildman–Crippen LogP) is 5.13. The fraction of sp³-hybridized carbons (Fsp3) is 0.156. The Hall–Kier alpha value is -4.91. The molecule has 39 heavy (non-hydrogen) atoms. The molecular formula is C32H24O7. The van der Waals surface area contributed by atoms with E-state index in [4.69, 9.17) is 0 Å². The van der Waals surface area contributed by atoms with Crippen molar-refractivity contribution in [2.75, 3.05) is 0 Å². The molecule has 2 aliphatic rings. The number of rotatable bonds is 3. The molecule has 7 heteroatoms. The zero-order valence-corrected chi connectivity index (χ0v) is 21.2. The summed E-state index contributed by atoms with van der Waals surface area (Å²) in [6.07, 6.45) is 0.962. The van der Waals surface area contributed by atoms with Gasteiger partial charge in [0.1, 0.15) is 23.0 Å². The van der Waals surface area contributed by atoms with Crippen LogP contribution in [0.4, 0.5) is 0 Å². The maximum absolute atomic E-state index is 13.6. The van der Waals surface area contributed by atoms with Gasteiger partial charge in [-0.2, -0.15) is 0 Å². The van der Waals surface area contributed by atoms with Gasteiger partial charge in [0.05, 0.1) is 16.7 Å². The molecular weight excluding hydrogens is 496 g/mol. The van der Waals surface area contributed by atoms with E-state index in [2.05, 4.69) is 0 Å². The van der Waals surface area contributed by atoms with Crippen LogP contribution in [0.15, 0.2) is 54.6 Å². The van der Waals surface area contributed by atoms with Crippen LogP contribution in [0, 0.1) is 0 Å². The number of hydrogen-bond acceptors (Lipinski definition) is 7. The Labute approximate surface area is 223 Å². The summed E-state index contributed by atoms with van der Waals surface area (Å²) in [7, 11) is 0. The molecule has 4 aromatic carbocycles. The van der Waals surface area contributed by atoms with Crippen LogP contribution in [0.5, 0.6) is 23.0 Å². The molecule has 1 atom stereocenters. The van der Waals surface area contributed by atoms with Crippen molar-refractivity contribution in [1.29, 1.82) is 0 Å². The molecule has 4 aromatic rings. The Morgan fingerprint density at radius 1 is 0.641 bits per heavy atom. The minimum absolute atomic E-state index is 0.0100. The van der Waals surface area contributed by atoms with Crippen LogP contribution in [0.2, 0.25) is 0 Å². The van der Waals surface area contributed by atoms with Gasteiger partial charge < -0.3 is 20.4 Å². The van der Waals surface area contributed by atoms with Crippen LogP contribution in [-0.2, 0) is 12.8 Å². The maximum Gasteiger partial charge on any atom is 0.201 e. The van der Waals surface area contributed by atoms with Crippen LogP contribution < -0.4 is 0 Å². The van der Waals surface area contributed by atoms with E-state index in [1.165, 1.54) is 30.3 Å². The number of carbonyl (C=O) groups is 3. The zero-order chi connectivity index (χ0) is 27.7. The lowest BCUT2D eigenvalue weighted by Gasteiger charge is -2.31. The van der Waals surface area contributed by atoms with Gasteiger partial charge in [0, 0.05) is 28.2 Å². The molecule has 0 aliphatic heterocycles. The van der Waals surface area contributed by atoms with Gasteiger partial charge in [0.2, 0.25) is 5.78 Å². The van der Waals surface area contributed by atoms with E-state index in [1.54, 1.807) is 31.2 Å². The molecule has 0 amide bonds. The third kappa shape index (κ3) is 3.32. The summed E-state index contributed by atoms with van der Waals surface area (Å²) < 4.78 is 0. The lowest BCUT2D eigenvalue weighted by molar-refractivity contribution is 0.0976. The summed E-state index contributed by atoms with van der Waals surface area (Å²) in [6, 6.07) is 13.7. The largest absolute Gasteiger partial charge is 0.507 e. The number of ketones is 3. The smallest absolute Gasteiger partial charge is 0.201 e. The Morgan fingerprint density at radius 2 is 1.38 bits per heavy atom. The predicted molar refractivity (Wildman–Crippen MR) is 142 cm³/mol. The van der Waals surface area contributed by atoms with Crippen molar-refractivity contribution in [3.8, 4) is 23.0 Å². The second kappa shape index (κ2) is 8.56. The second-order valence-electron chi connectivity index (χ2n) is 9.90. The first-order chi connectivity index (χ1) is 18.7. The Morgan fingerprint density at radius 3 is 2.10 bits per heavy atom. The Bertz CT molecular complexity index is 1780. The average molecular weight is 521 g/mol. The number of benzene rings is 4. The van der Waals surface area contributed by atoms with Crippen molar-refractivity contribution < 1.29 is 34.8 Å². The molecule has 0 saturated heterocycles. The first-order valence-corrected chi connectivity index (χ1v) is 12.7. The minimum Gasteiger partial charge on any atom is -0.507 e. The first kappa shape index (κ1) is 24.4. The fourth-order valence-corrected chi connectivity index (χ4v) is 5.91. The monoisotopic (exact) mass is 520 g/mol. The number of aryl methyl sites for hydroxylation is 2. The Kier molecular flexibility index (Phi) is 5.36. The lowest BCUT2D eigenvalue weighted by atomic mass is 9.71. The van der Waals surface area contributed by atoms with Crippen molar-refractivity contribution in [3.63, 3.8) is 0 Å². The number of phenolic OH excluding ortho intramolecular Hbond substituents is 4. The highest BCUT2D eigenvalue weighted by molar-refractivity contribution is 6.29. The second-order valence-corrected chi connectivity index (χ2v) is 9.90. The average Bonchev–Trinajstić information content (AvgIpc) is 2.92. The van der Waals surface area contributed by atoms with Gasteiger partial charge in [-0.25, -0.2) is 0 Å². The molecule has 4 N–H and O–H groups in total. The zero-order valence-electron chi connectivity index (χ0n) is 21.2. The highest BCUT2D eigenvalue weighted by Gasteiger charge is 2.40. The van der Waals surface area contributed by atoms with Gasteiger partial charge in [-0.3, -0.25) is 14.4 Å². The van der Waals surface area contributed by atoms with E-state index in [0.717, 1.165) is 5.56 Å². The molecule has 0 spiro atoms. The van der Waals surface area contributed by atoms with Crippen molar-refractivity contribution >= 4 is 17.3 Å². The summed E-state index contributed by atoms with van der Waals surface area (Å²) in [6.45, 7) is 3.69. The number of phenols is 4. The SMILES string of the molecule is CCc1cc(O)c2c(c1)C(=O)c1ccc(C3c4cccc(O)c4C(=O)c4c(O)cc(CC)c(O)c43)cc1C2=O. The van der Waals surface area contributed by atoms with E-state index in [9.17, 15) is 34.8 Å². The summed E-state index contributed by atoms with van der Waals surface area (Å²) in [5.41, 5.74) is 2.40. The topological polar surface area (TPSA) is 132 Å². The van der Waals surface area contributed by atoms with E-state index in [1.807, 2.05) is 6.92 Å². The van der Waals surface area contributed by atoms with Crippen LogP contribution >= 0.6 is 0 Å². The summed E-state index contributed by atoms with van der Waals surface area (Å²) in [5, 5.41) is 43.4. The number of aromatic hydroxyl groups is 4. The van der Waals surface area contributed by atoms with E-state index >= 15 is 0 Å². The van der Waals surface area contributed by atoms with Crippen molar-refractivity contribution in [2.45, 2.75) is 32.6 Å². The van der Waals surface area contributed by atoms with Crippen molar-refractivity contribution in [1.82, 2.24) is 0 Å². The minimum atomic E-state index is -0.845. The van der Waals surface area contributed by atoms with Gasteiger partial charge >= 0.3 is 0 Å². The van der Waals surface area contributed by atoms with E-state index < -0.39 is 17.5 Å². The molecule has 0 bridgehead atoms. The van der Waals surface area contributed by atoms with Crippen molar-refractivity contribution in [2.24, 2.45) is 0 Å². The maximum atomic E-state index is 13.6. The summed E-state index contributed by atoms with van der Waals surface area (Å²) in [4.78, 5) is 40.5. The molecule has 7 nitrogen and oxygen atoms in total. The van der Waals surface area contributed by atoms with Gasteiger partial charge in [0.25, 0.3) is 0 Å². The third-order valence-electron chi connectivity index (χ3n) is 7.83. The molecule has 6 rings (SSSR count). The van der Waals surface area contributed by atoms with Crippen LogP contribution in [0.1, 0.15) is 95.3 Å². The molecule has 0 saturated carbocycles. The Balaban J connectivity index is 1.62. The standard InChI is InChI=1S/C32H24O7/c1-3-14-10-20-26(22(34)11-14)31(38)19-12-16(8-9-17(19)30(20)37)24-18-6-5-7-21(33)25(18)32(39)27-23(35)13-15(4-2)29(36)28(24)27/h5-13,24,33-36H,3-4H2,1-2H3. The molecule has 0 radical (unpaired) electrons. The van der Waals surface area contributed by atoms with Gasteiger partial charge in [-0.15, -0.1) is 0 Å².